The lowest BCUT2D eigenvalue weighted by Crippen LogP contribution is -2.61. The molecular weight excluding hydrogens is 1820 g/mol. The monoisotopic (exact) mass is 1950 g/mol. The standard InChI is InChI=1S/C92H129N25O21S/c1-8-10-23-70-84(130)106-61(22-16-34-99-92(96)97)80(126)112-69(79(125)102-45-75(95)120)47-139-48-76(121)104-66(36-51-26-28-56(138-7)29-27-51)87(133)113(4)50(3)78(124)110-68(41-74(94)119)90(136)116-35-17-25-71(116)85(131)109-65(39-54-44-98-49-103-54)83(129)107-63(30-31-77(122)123)89(135)117-46-55(118)40-73(117)86(132)108-64(37-52-42-100-59-20-14-12-18-57(52)59)82(128)105-62(32-33-93)81(127)111-67(38-53-43-101-60-21-15-13-19-58(53)60)88(134)115(6)72(24-11-9-2)91(137)114(70)5/h12-15,18-21,26-29,42-44,49-50,55,61-73,100-101,118H,8-11,16-17,22-25,30-41,45-48,93H2,1-7H3,(H2,94,119)(H2,95,120)(H,98,103)(H,102,125)(H,104,121)(H,105,128)(H,106,130)(H,107,129)(H,108,132)(H,109,131)(H,110,124)(H,111,127)(H,112,126)(H,122,123)(H4,96,97,99)/t50-,55+,61-,62-,63-,64-,65-,66-,67-,68+,69-,70-,71-,72-,73-/m0/s1. The molecule has 754 valence electrons. The van der Waals surface area contributed by atoms with Crippen LogP contribution in [0.1, 0.15) is 139 Å². The molecule has 25 N–H and O–H groups in total. The summed E-state index contributed by atoms with van der Waals surface area (Å²) in [6, 6.07) is -1.81. The highest BCUT2D eigenvalue weighted by molar-refractivity contribution is 8.00. The van der Waals surface area contributed by atoms with Crippen molar-refractivity contribution < 1.29 is 101 Å². The van der Waals surface area contributed by atoms with Crippen LogP contribution >= 0.6 is 11.8 Å². The number of aliphatic hydroxyl groups excluding tert-OH is 1. The maximum Gasteiger partial charge on any atom is 0.303 e. The summed E-state index contributed by atoms with van der Waals surface area (Å²) in [5.74, 6) is -18.9. The smallest absolute Gasteiger partial charge is 0.303 e. The Kier molecular flexibility index (Phi) is 40.8. The van der Waals surface area contributed by atoms with Gasteiger partial charge < -0.3 is 136 Å². The molecule has 3 saturated heterocycles. The van der Waals surface area contributed by atoms with Crippen molar-refractivity contribution >= 4 is 146 Å². The van der Waals surface area contributed by atoms with Gasteiger partial charge >= 0.3 is 5.97 Å². The highest BCUT2D eigenvalue weighted by Gasteiger charge is 2.47. The van der Waals surface area contributed by atoms with Gasteiger partial charge in [0.1, 0.15) is 90.3 Å². The molecule has 3 fully saturated rings. The zero-order chi connectivity index (χ0) is 101. The molecule has 3 aliphatic heterocycles. The van der Waals surface area contributed by atoms with E-state index in [1.165, 1.54) is 47.7 Å². The van der Waals surface area contributed by atoms with Crippen LogP contribution in [0, 0.1) is 5.41 Å². The van der Waals surface area contributed by atoms with Gasteiger partial charge in [-0.15, -0.1) is 11.8 Å². The van der Waals surface area contributed by atoms with Gasteiger partial charge in [-0.05, 0) is 106 Å². The summed E-state index contributed by atoms with van der Waals surface area (Å²) in [7, 11) is 5.36. The molecule has 3 aliphatic rings. The van der Waals surface area contributed by atoms with Crippen LogP contribution < -0.4 is 86.2 Å². The van der Waals surface area contributed by atoms with Crippen molar-refractivity contribution in [1.82, 2.24) is 103 Å². The number of ether oxygens (including phenoxy) is 1. The third-order valence-electron chi connectivity index (χ3n) is 24.8. The number of nitrogens with one attached hydrogen (secondary N) is 15. The Balaban J connectivity index is 1.12. The van der Waals surface area contributed by atoms with E-state index < -0.39 is 260 Å². The van der Waals surface area contributed by atoms with Crippen molar-refractivity contribution in [2.75, 3.05) is 72.5 Å². The molecule has 0 bridgehead atoms. The molecule has 6 heterocycles. The third kappa shape index (κ3) is 30.6. The number of guanidine groups is 1. The number of aliphatic hydroxyl groups is 1. The lowest BCUT2D eigenvalue weighted by atomic mass is 9.99. The maximum atomic E-state index is 15.9. The van der Waals surface area contributed by atoms with Gasteiger partial charge in [-0.3, -0.25) is 91.7 Å². The summed E-state index contributed by atoms with van der Waals surface area (Å²) in [5.41, 5.74) is 26.0. The SMILES string of the molecule is CCCC[C@H]1C(=O)N(C)[C@@H](CCCC)C(=O)N[C@@H](CCCNC(=N)N)C(=O)N[C@H](C(=O)NCC(N)=O)CSCC(=O)N[C@@H](Cc2ccc(OC)cc2)C(=O)N(C)[C@@H](C)C(=O)N[C@H](CC(N)=O)C(=O)N2CCC[C@H]2C(=O)N[C@@H](Cc2cnc[nH]2)C(=O)N[C@@H](CCC(=O)O)C(=O)N2C[C@H](O)C[C@H]2C(=O)N[C@@H](Cc2c[nH]c3ccccc23)C(=O)N[C@@H](CCN)C(=O)N[C@@H](Cc2c[nH]c3ccccc23)C(=O)N1C. The van der Waals surface area contributed by atoms with Crippen molar-refractivity contribution in [3.8, 4) is 5.75 Å². The van der Waals surface area contributed by atoms with E-state index in [4.69, 9.17) is 33.1 Å². The number of rotatable bonds is 29. The normalized spacial score (nSPS) is 24.3. The summed E-state index contributed by atoms with van der Waals surface area (Å²) in [4.78, 5) is 283. The average Bonchev–Trinajstić information content (AvgIpc) is 1.55. The van der Waals surface area contributed by atoms with E-state index >= 15 is 43.2 Å². The molecule has 0 aliphatic carbocycles. The number of aliphatic carboxylic acids is 1. The minimum atomic E-state index is -1.84. The third-order valence-corrected chi connectivity index (χ3v) is 25.8. The van der Waals surface area contributed by atoms with Gasteiger partial charge in [0.05, 0.1) is 38.3 Å². The van der Waals surface area contributed by atoms with E-state index in [2.05, 4.69) is 78.4 Å². The predicted molar refractivity (Wildman–Crippen MR) is 509 cm³/mol. The predicted octanol–water partition coefficient (Wildman–Crippen LogP) is -3.45. The molecule has 15 atom stereocenters. The van der Waals surface area contributed by atoms with Crippen LogP contribution in [0.15, 0.2) is 97.7 Å². The highest BCUT2D eigenvalue weighted by Crippen LogP contribution is 2.28. The topological polar surface area (TPSA) is 694 Å². The molecule has 0 saturated carbocycles. The largest absolute Gasteiger partial charge is 0.497 e. The summed E-state index contributed by atoms with van der Waals surface area (Å²) in [5, 5.41) is 59.8. The van der Waals surface area contributed by atoms with Gasteiger partial charge in [0.25, 0.3) is 0 Å². The van der Waals surface area contributed by atoms with Crippen LogP contribution in [-0.4, -0.2) is 330 Å². The molecule has 3 aromatic heterocycles. The second-order valence-corrected chi connectivity index (χ2v) is 35.9. The molecule has 139 heavy (non-hydrogen) atoms. The van der Waals surface area contributed by atoms with Crippen LogP contribution in [-0.2, 0) is 112 Å². The Labute approximate surface area is 806 Å². The number of unbranched alkanes of at least 4 members (excludes halogenated alkanes) is 2. The van der Waals surface area contributed by atoms with Crippen LogP contribution in [0.3, 0.4) is 0 Å². The maximum absolute atomic E-state index is 15.9. The van der Waals surface area contributed by atoms with Crippen molar-refractivity contribution in [3.05, 3.63) is 120 Å². The fraction of sp³-hybridized carbons (Fsp3) is 0.522. The number of aromatic amines is 3. The Morgan fingerprint density at radius 2 is 1.09 bits per heavy atom. The van der Waals surface area contributed by atoms with Crippen LogP contribution in [0.25, 0.3) is 21.8 Å². The second-order valence-electron chi connectivity index (χ2n) is 34.9. The van der Waals surface area contributed by atoms with Gasteiger partial charge in [-0.25, -0.2) is 4.98 Å². The van der Waals surface area contributed by atoms with Gasteiger partial charge in [-0.1, -0.05) is 88.1 Å². The molecule has 0 spiro atoms. The summed E-state index contributed by atoms with van der Waals surface area (Å²) in [6.07, 6.45) is 1.58. The number of carboxylic acids is 1. The van der Waals surface area contributed by atoms with Crippen LogP contribution in [0.5, 0.6) is 5.75 Å². The van der Waals surface area contributed by atoms with Gasteiger partial charge in [-0.2, -0.15) is 0 Å². The number of imidazole rings is 1. The Morgan fingerprint density at radius 3 is 1.68 bits per heavy atom. The van der Waals surface area contributed by atoms with E-state index in [0.29, 0.717) is 69.9 Å². The molecule has 46 nitrogen and oxygen atoms in total. The van der Waals surface area contributed by atoms with E-state index in [0.717, 1.165) is 36.3 Å². The number of carboxylic acid groups (broad SMARTS) is 1. The molecule has 0 unspecified atom stereocenters. The van der Waals surface area contributed by atoms with E-state index in [-0.39, 0.29) is 89.5 Å². The number of methoxy groups -OCH3 is 1. The van der Waals surface area contributed by atoms with E-state index in [1.54, 1.807) is 85.2 Å². The number of amides is 17. The number of likely N-dealkylation sites (N-methyl/N-ethyl adjacent to an activating group) is 3. The molecule has 6 aromatic rings. The number of H-pyrrole nitrogens is 3. The van der Waals surface area contributed by atoms with Gasteiger partial charge in [0, 0.05) is 131 Å². The number of nitrogens with zero attached hydrogens (tertiary/aromatic N) is 6. The number of hydrogen-bond acceptors (Lipinski definition) is 24. The van der Waals surface area contributed by atoms with Crippen molar-refractivity contribution in [2.24, 2.45) is 22.9 Å². The Hall–Kier alpha value is -14.3. The van der Waals surface area contributed by atoms with E-state index in [9.17, 15) is 53.4 Å². The number of benzene rings is 3. The van der Waals surface area contributed by atoms with Gasteiger partial charge in [0.15, 0.2) is 5.96 Å². The first-order valence-electron chi connectivity index (χ1n) is 46.3. The summed E-state index contributed by atoms with van der Waals surface area (Å²) < 4.78 is 5.35. The molecule has 9 rings (SSSR count). The minimum Gasteiger partial charge on any atom is -0.497 e. The van der Waals surface area contributed by atoms with Crippen molar-refractivity contribution in [2.45, 2.75) is 233 Å². The quantitative estimate of drug-likeness (QED) is 0.0123. The number of nitrogens with two attached hydrogens (primary N) is 4. The summed E-state index contributed by atoms with van der Waals surface area (Å²) >= 11 is 0.770. The number of hydrogen-bond donors (Lipinski definition) is 21. The van der Waals surface area contributed by atoms with Crippen LogP contribution in [0.4, 0.5) is 0 Å². The zero-order valence-electron chi connectivity index (χ0n) is 78.8. The Bertz CT molecular complexity index is 5370. The first-order valence-corrected chi connectivity index (χ1v) is 47.4. The average molecular weight is 1950 g/mol. The molecule has 3 aromatic carbocycles. The number of aromatic nitrogens is 4. The second kappa shape index (κ2) is 52.3. The Morgan fingerprint density at radius 1 is 0.547 bits per heavy atom. The number of fused-ring (bicyclic) bond motifs is 4. The van der Waals surface area contributed by atoms with Crippen LogP contribution in [0.2, 0.25) is 0 Å². The fourth-order valence-electron chi connectivity index (χ4n) is 17.0. The number of carbonyl (C=O) groups excluding carboxylic acids is 17. The first-order chi connectivity index (χ1) is 66.3. The van der Waals surface area contributed by atoms with Gasteiger partial charge in [0.2, 0.25) is 100 Å². The summed E-state index contributed by atoms with van der Waals surface area (Å²) in [6.45, 7) is 3.20. The lowest BCUT2D eigenvalue weighted by molar-refractivity contribution is -0.149. The van der Waals surface area contributed by atoms with E-state index in [1.807, 2.05) is 13.8 Å². The van der Waals surface area contributed by atoms with Crippen molar-refractivity contribution in [3.63, 3.8) is 0 Å². The minimum absolute atomic E-state index is 0.00601. The lowest BCUT2D eigenvalue weighted by Gasteiger charge is -2.36. The number of thioether (sulfide) groups is 1. The number of primary amides is 2. The highest BCUT2D eigenvalue weighted by atomic mass is 32.2. The molecule has 47 heteroatoms. The number of para-hydroxylation sites is 2. The fourth-order valence-corrected chi connectivity index (χ4v) is 17.8. The molecular formula is C92H129N25O21S. The number of carbonyl (C=O) groups is 18. The van der Waals surface area contributed by atoms with Crippen molar-refractivity contribution in [1.29, 1.82) is 5.41 Å². The zero-order valence-corrected chi connectivity index (χ0v) is 79.7. The first kappa shape index (κ1) is 108. The molecule has 0 radical (unpaired) electrons. The molecule has 17 amide bonds.